The minimum Gasteiger partial charge on any atom is -0.507 e. The molecule has 1 aliphatic heterocycles. The number of Topliss-reactive ketones (excluding diaryl/α,β-unsaturated/α-hetero) is 1. The van der Waals surface area contributed by atoms with E-state index in [0.29, 0.717) is 34.2 Å². The largest absolute Gasteiger partial charge is 0.507 e. The van der Waals surface area contributed by atoms with Crippen molar-refractivity contribution in [1.29, 1.82) is 0 Å². The smallest absolute Gasteiger partial charge is 0.350 e. The zero-order chi connectivity index (χ0) is 28.3. The van der Waals surface area contributed by atoms with Crippen molar-refractivity contribution in [3.8, 4) is 5.75 Å². The Balaban J connectivity index is 1.84. The molecule has 1 saturated heterocycles. The van der Waals surface area contributed by atoms with E-state index in [4.69, 9.17) is 32.7 Å². The zero-order valence-electron chi connectivity index (χ0n) is 21.5. The monoisotopic (exact) mass is 588 g/mol. The molecule has 0 aliphatic carbocycles. The Hall–Kier alpha value is -3.40. The third-order valence-corrected chi connectivity index (χ3v) is 7.75. The van der Waals surface area contributed by atoms with E-state index in [1.165, 1.54) is 6.07 Å². The fourth-order valence-corrected chi connectivity index (χ4v) is 5.62. The Morgan fingerprint density at radius 2 is 1.85 bits per heavy atom. The van der Waals surface area contributed by atoms with Gasteiger partial charge in [0.25, 0.3) is 5.78 Å². The topological polar surface area (TPSA) is 106 Å². The number of nitrogens with zero attached hydrogens (tertiary/aromatic N) is 2. The number of hydrogen-bond acceptors (Lipinski definition) is 8. The van der Waals surface area contributed by atoms with Crippen LogP contribution in [0.25, 0.3) is 5.76 Å². The maximum Gasteiger partial charge on any atom is 0.350 e. The summed E-state index contributed by atoms with van der Waals surface area (Å²) in [6, 6.07) is 10.1. The number of amides is 1. The minimum atomic E-state index is -1.13. The predicted molar refractivity (Wildman–Crippen MR) is 151 cm³/mol. The number of aryl methyl sites for hydroxylation is 1. The number of ether oxygens (including phenoxy) is 2. The van der Waals surface area contributed by atoms with Gasteiger partial charge in [-0.2, -0.15) is 0 Å². The van der Waals surface area contributed by atoms with Crippen molar-refractivity contribution in [2.75, 3.05) is 18.1 Å². The lowest BCUT2D eigenvalue weighted by Crippen LogP contribution is -2.29. The molecule has 11 heteroatoms. The maximum absolute atomic E-state index is 13.4. The molecule has 1 N–H and O–H groups in total. The van der Waals surface area contributed by atoms with Gasteiger partial charge in [-0.3, -0.25) is 14.5 Å². The van der Waals surface area contributed by atoms with Crippen LogP contribution in [0.2, 0.25) is 10.0 Å². The number of rotatable bonds is 9. The molecule has 0 spiro atoms. The molecule has 4 rings (SSSR count). The maximum atomic E-state index is 13.4. The number of aliphatic hydroxyl groups excluding tert-OH is 1. The van der Waals surface area contributed by atoms with E-state index >= 15 is 0 Å². The molecule has 0 saturated carbocycles. The fraction of sp³-hybridized carbons (Fsp3) is 0.286. The van der Waals surface area contributed by atoms with Crippen LogP contribution < -0.4 is 9.64 Å². The SMILES string of the molecule is CCCCOc1ccc(/C(O)=C2\C(=O)C(=O)N(c3nc(C)c(C(=O)OCC)s3)C2c2ccc(Cl)cc2Cl)cc1. The number of unbranched alkanes of at least 4 members (excludes halogenated alkanes) is 1. The summed E-state index contributed by atoms with van der Waals surface area (Å²) >= 11 is 13.6. The molecule has 1 aliphatic rings. The van der Waals surface area contributed by atoms with E-state index < -0.39 is 23.7 Å². The van der Waals surface area contributed by atoms with Gasteiger partial charge in [-0.05, 0) is 62.2 Å². The van der Waals surface area contributed by atoms with E-state index in [1.807, 2.05) is 0 Å². The number of aromatic nitrogens is 1. The fourth-order valence-electron chi connectivity index (χ4n) is 4.12. The number of hydrogen-bond donors (Lipinski definition) is 1. The number of anilines is 1. The number of ketones is 1. The van der Waals surface area contributed by atoms with Crippen molar-refractivity contribution in [3.63, 3.8) is 0 Å². The summed E-state index contributed by atoms with van der Waals surface area (Å²) in [7, 11) is 0. The molecule has 1 aromatic heterocycles. The first-order valence-electron chi connectivity index (χ1n) is 12.3. The van der Waals surface area contributed by atoms with Gasteiger partial charge in [-0.25, -0.2) is 9.78 Å². The first kappa shape index (κ1) is 28.6. The highest BCUT2D eigenvalue weighted by Gasteiger charge is 2.49. The van der Waals surface area contributed by atoms with E-state index in [9.17, 15) is 19.5 Å². The highest BCUT2D eigenvalue weighted by Crippen LogP contribution is 2.46. The second kappa shape index (κ2) is 12.2. The summed E-state index contributed by atoms with van der Waals surface area (Å²) < 4.78 is 10.8. The lowest BCUT2D eigenvalue weighted by molar-refractivity contribution is -0.132. The Kier molecular flexibility index (Phi) is 8.94. The number of benzene rings is 2. The standard InChI is InChI=1S/C28H26Cl2N2O6S/c1-4-6-13-38-18-10-7-16(8-11-18)23(33)21-22(19-12-9-17(29)14-20(19)30)32(26(35)24(21)34)28-31-15(3)25(39-28)27(36)37-5-2/h7-12,14,22,33H,4-6,13H2,1-3H3/b23-21+. The number of esters is 1. The van der Waals surface area contributed by atoms with Crippen LogP contribution in [0, 0.1) is 6.92 Å². The van der Waals surface area contributed by atoms with Crippen molar-refractivity contribution >= 4 is 63.1 Å². The number of halogens is 2. The van der Waals surface area contributed by atoms with Crippen LogP contribution in [0.5, 0.6) is 5.75 Å². The lowest BCUT2D eigenvalue weighted by Gasteiger charge is -2.24. The van der Waals surface area contributed by atoms with Crippen LogP contribution >= 0.6 is 34.5 Å². The molecule has 0 radical (unpaired) electrons. The van der Waals surface area contributed by atoms with Crippen LogP contribution in [0.3, 0.4) is 0 Å². The van der Waals surface area contributed by atoms with E-state index in [0.717, 1.165) is 29.1 Å². The second-order valence-electron chi connectivity index (χ2n) is 8.69. The minimum absolute atomic E-state index is 0.0902. The molecule has 204 valence electrons. The summed E-state index contributed by atoms with van der Waals surface area (Å²) in [5.74, 6) is -2.19. The van der Waals surface area contributed by atoms with Crippen LogP contribution in [0.1, 0.15) is 59.2 Å². The van der Waals surface area contributed by atoms with Crippen molar-refractivity contribution in [2.45, 2.75) is 39.7 Å². The molecule has 1 unspecified atom stereocenters. The van der Waals surface area contributed by atoms with Gasteiger partial charge in [0.1, 0.15) is 16.4 Å². The molecular weight excluding hydrogens is 563 g/mol. The average molecular weight is 589 g/mol. The molecule has 3 aromatic rings. The van der Waals surface area contributed by atoms with Gasteiger partial charge in [0, 0.05) is 15.6 Å². The van der Waals surface area contributed by atoms with Crippen molar-refractivity contribution in [2.24, 2.45) is 0 Å². The van der Waals surface area contributed by atoms with Gasteiger partial charge < -0.3 is 14.6 Å². The Labute approximate surface area is 239 Å². The average Bonchev–Trinajstić information content (AvgIpc) is 3.41. The zero-order valence-corrected chi connectivity index (χ0v) is 23.8. The molecule has 39 heavy (non-hydrogen) atoms. The van der Waals surface area contributed by atoms with E-state index in [2.05, 4.69) is 11.9 Å². The summed E-state index contributed by atoms with van der Waals surface area (Å²) in [6.07, 6.45) is 1.90. The summed E-state index contributed by atoms with van der Waals surface area (Å²) in [4.78, 5) is 45.0. The molecule has 0 bridgehead atoms. The van der Waals surface area contributed by atoms with Crippen LogP contribution in [-0.4, -0.2) is 41.0 Å². The first-order valence-corrected chi connectivity index (χ1v) is 13.9. The Morgan fingerprint density at radius 1 is 1.13 bits per heavy atom. The normalized spacial score (nSPS) is 16.5. The molecule has 1 atom stereocenters. The van der Waals surface area contributed by atoms with Crippen molar-refractivity contribution in [3.05, 3.63) is 79.8 Å². The quantitative estimate of drug-likeness (QED) is 0.0969. The number of carbonyl (C=O) groups excluding carboxylic acids is 3. The van der Waals surface area contributed by atoms with Gasteiger partial charge in [0.05, 0.1) is 30.5 Å². The number of aliphatic hydroxyl groups is 1. The van der Waals surface area contributed by atoms with Gasteiger partial charge in [-0.1, -0.05) is 53.9 Å². The van der Waals surface area contributed by atoms with E-state index in [-0.39, 0.29) is 33.0 Å². The highest BCUT2D eigenvalue weighted by atomic mass is 35.5. The van der Waals surface area contributed by atoms with Gasteiger partial charge in [0.2, 0.25) is 0 Å². The second-order valence-corrected chi connectivity index (χ2v) is 10.5. The van der Waals surface area contributed by atoms with Crippen LogP contribution in [-0.2, 0) is 14.3 Å². The van der Waals surface area contributed by atoms with Gasteiger partial charge in [0.15, 0.2) is 5.13 Å². The number of thiazole rings is 1. The molecule has 2 heterocycles. The van der Waals surface area contributed by atoms with Crippen LogP contribution in [0.15, 0.2) is 48.0 Å². The van der Waals surface area contributed by atoms with Crippen LogP contribution in [0.4, 0.5) is 5.13 Å². The van der Waals surface area contributed by atoms with E-state index in [1.54, 1.807) is 50.2 Å². The molecular formula is C28H26Cl2N2O6S. The summed E-state index contributed by atoms with van der Waals surface area (Å²) in [6.45, 7) is 6.08. The summed E-state index contributed by atoms with van der Waals surface area (Å²) in [5, 5.41) is 12.0. The first-order chi connectivity index (χ1) is 18.7. The highest BCUT2D eigenvalue weighted by molar-refractivity contribution is 7.17. The number of carbonyl (C=O) groups is 3. The van der Waals surface area contributed by atoms with Gasteiger partial charge in [-0.15, -0.1) is 0 Å². The molecule has 2 aromatic carbocycles. The Morgan fingerprint density at radius 3 is 2.49 bits per heavy atom. The van der Waals surface area contributed by atoms with Crippen molar-refractivity contribution in [1.82, 2.24) is 4.98 Å². The molecule has 1 amide bonds. The lowest BCUT2D eigenvalue weighted by atomic mass is 9.95. The van der Waals surface area contributed by atoms with Gasteiger partial charge >= 0.3 is 11.9 Å². The Bertz CT molecular complexity index is 1450. The summed E-state index contributed by atoms with van der Waals surface area (Å²) in [5.41, 5.74) is 0.838. The predicted octanol–water partition coefficient (Wildman–Crippen LogP) is 6.74. The molecule has 1 fully saturated rings. The third-order valence-electron chi connectivity index (χ3n) is 6.05. The van der Waals surface area contributed by atoms with Crippen molar-refractivity contribution < 1.29 is 29.0 Å². The third kappa shape index (κ3) is 5.80. The molecule has 8 nitrogen and oxygen atoms in total.